The first kappa shape index (κ1) is 10.0. The molecule has 2 unspecified atom stereocenters. The van der Waals surface area contributed by atoms with Crippen LogP contribution in [0.5, 0.6) is 0 Å². The minimum absolute atomic E-state index is 0.382. The first-order valence-corrected chi connectivity index (χ1v) is 4.82. The third-order valence-electron chi connectivity index (χ3n) is 2.12. The molecule has 1 aliphatic heterocycles. The Labute approximate surface area is 75.7 Å². The first-order valence-electron chi connectivity index (χ1n) is 4.82. The van der Waals surface area contributed by atoms with E-state index in [4.69, 9.17) is 4.74 Å². The lowest BCUT2D eigenvalue weighted by Gasteiger charge is -2.32. The lowest BCUT2D eigenvalue weighted by molar-refractivity contribution is -0.0130. The molecule has 0 aromatic carbocycles. The van der Waals surface area contributed by atoms with Gasteiger partial charge < -0.3 is 10.1 Å². The van der Waals surface area contributed by atoms with Crippen LogP contribution in [0.15, 0.2) is 0 Å². The van der Waals surface area contributed by atoms with Crippen molar-refractivity contribution >= 4 is 0 Å². The van der Waals surface area contributed by atoms with Gasteiger partial charge in [0.15, 0.2) is 0 Å². The molecule has 1 N–H and O–H groups in total. The van der Waals surface area contributed by atoms with Gasteiger partial charge in [0, 0.05) is 12.6 Å². The second kappa shape index (κ2) is 3.75. The van der Waals surface area contributed by atoms with E-state index in [1.807, 2.05) is 0 Å². The summed E-state index contributed by atoms with van der Waals surface area (Å²) in [5, 5.41) is 3.43. The Bertz CT molecular complexity index is 131. The van der Waals surface area contributed by atoms with Crippen LogP contribution < -0.4 is 5.32 Å². The molecule has 12 heavy (non-hydrogen) atoms. The van der Waals surface area contributed by atoms with Crippen LogP contribution in [-0.2, 0) is 4.74 Å². The minimum Gasteiger partial charge on any atom is -0.375 e. The van der Waals surface area contributed by atoms with Crippen molar-refractivity contribution in [3.8, 4) is 0 Å². The van der Waals surface area contributed by atoms with E-state index in [1.165, 1.54) is 0 Å². The standard InChI is InChI=1S/C10H21NO/c1-8-7-12-9(6-11-8)5-10(2,3)4/h8-9,11H,5-7H2,1-4H3. The lowest BCUT2D eigenvalue weighted by atomic mass is 9.89. The van der Waals surface area contributed by atoms with Crippen LogP contribution in [0.4, 0.5) is 0 Å². The molecule has 0 aromatic rings. The molecule has 0 spiro atoms. The van der Waals surface area contributed by atoms with Crippen LogP contribution in [0.3, 0.4) is 0 Å². The van der Waals surface area contributed by atoms with Crippen LogP contribution in [0.1, 0.15) is 34.1 Å². The molecule has 0 bridgehead atoms. The molecule has 1 saturated heterocycles. The molecule has 1 aliphatic rings. The van der Waals surface area contributed by atoms with Gasteiger partial charge in [-0.1, -0.05) is 20.8 Å². The normalized spacial score (nSPS) is 32.0. The number of ether oxygens (including phenoxy) is 1. The highest BCUT2D eigenvalue weighted by atomic mass is 16.5. The van der Waals surface area contributed by atoms with E-state index in [0.29, 0.717) is 17.6 Å². The third kappa shape index (κ3) is 3.55. The van der Waals surface area contributed by atoms with Crippen molar-refractivity contribution < 1.29 is 4.74 Å². The predicted molar refractivity (Wildman–Crippen MR) is 51.3 cm³/mol. The summed E-state index contributed by atoms with van der Waals surface area (Å²) < 4.78 is 5.70. The van der Waals surface area contributed by atoms with Crippen molar-refractivity contribution in [2.45, 2.75) is 46.3 Å². The average molecular weight is 171 g/mol. The molecule has 0 saturated carbocycles. The summed E-state index contributed by atoms with van der Waals surface area (Å²) in [7, 11) is 0. The highest BCUT2D eigenvalue weighted by Crippen LogP contribution is 2.23. The monoisotopic (exact) mass is 171 g/mol. The van der Waals surface area contributed by atoms with E-state index in [9.17, 15) is 0 Å². The Morgan fingerprint density at radius 2 is 2.08 bits per heavy atom. The fourth-order valence-electron chi connectivity index (χ4n) is 1.55. The van der Waals surface area contributed by atoms with Gasteiger partial charge in [-0.3, -0.25) is 0 Å². The van der Waals surface area contributed by atoms with Crippen molar-refractivity contribution in [1.29, 1.82) is 0 Å². The first-order chi connectivity index (χ1) is 5.47. The van der Waals surface area contributed by atoms with Gasteiger partial charge in [-0.2, -0.15) is 0 Å². The molecule has 2 heteroatoms. The molecule has 0 aromatic heterocycles. The predicted octanol–water partition coefficient (Wildman–Crippen LogP) is 1.80. The summed E-state index contributed by atoms with van der Waals surface area (Å²) in [4.78, 5) is 0. The van der Waals surface area contributed by atoms with Crippen LogP contribution in [0, 0.1) is 5.41 Å². The smallest absolute Gasteiger partial charge is 0.0705 e. The topological polar surface area (TPSA) is 21.3 Å². The summed E-state index contributed by atoms with van der Waals surface area (Å²) in [6.45, 7) is 10.8. The van der Waals surface area contributed by atoms with Gasteiger partial charge in [-0.05, 0) is 18.8 Å². The van der Waals surface area contributed by atoms with Gasteiger partial charge in [0.2, 0.25) is 0 Å². The molecular weight excluding hydrogens is 150 g/mol. The molecule has 1 fully saturated rings. The van der Waals surface area contributed by atoms with E-state index in [2.05, 4.69) is 33.0 Å². The Hall–Kier alpha value is -0.0800. The molecular formula is C10H21NO. The Morgan fingerprint density at radius 1 is 1.42 bits per heavy atom. The fraction of sp³-hybridized carbons (Fsp3) is 1.00. The number of rotatable bonds is 1. The van der Waals surface area contributed by atoms with E-state index >= 15 is 0 Å². The van der Waals surface area contributed by atoms with E-state index in [1.54, 1.807) is 0 Å². The minimum atomic E-state index is 0.382. The van der Waals surface area contributed by atoms with Gasteiger partial charge in [-0.15, -0.1) is 0 Å². The van der Waals surface area contributed by atoms with Gasteiger partial charge in [0.05, 0.1) is 12.7 Å². The van der Waals surface area contributed by atoms with Crippen molar-refractivity contribution in [1.82, 2.24) is 5.32 Å². The SMILES string of the molecule is CC1COC(CC(C)(C)C)CN1. The van der Waals surface area contributed by atoms with Crippen molar-refractivity contribution in [2.75, 3.05) is 13.2 Å². The number of morpholine rings is 1. The Kier molecular flexibility index (Phi) is 3.13. The zero-order valence-corrected chi connectivity index (χ0v) is 8.68. The summed E-state index contributed by atoms with van der Waals surface area (Å²) in [5.41, 5.74) is 0.382. The van der Waals surface area contributed by atoms with E-state index < -0.39 is 0 Å². The number of hydrogen-bond donors (Lipinski definition) is 1. The van der Waals surface area contributed by atoms with Gasteiger partial charge >= 0.3 is 0 Å². The molecule has 0 radical (unpaired) electrons. The zero-order chi connectivity index (χ0) is 9.19. The summed E-state index contributed by atoms with van der Waals surface area (Å²) >= 11 is 0. The van der Waals surface area contributed by atoms with Crippen LogP contribution >= 0.6 is 0 Å². The maximum atomic E-state index is 5.70. The quantitative estimate of drug-likeness (QED) is 0.649. The summed E-state index contributed by atoms with van der Waals surface area (Å²) in [6.07, 6.45) is 1.56. The lowest BCUT2D eigenvalue weighted by Crippen LogP contribution is -2.45. The van der Waals surface area contributed by atoms with Crippen LogP contribution in [0.2, 0.25) is 0 Å². The average Bonchev–Trinajstić information content (AvgIpc) is 1.91. The molecule has 1 heterocycles. The van der Waals surface area contributed by atoms with Crippen molar-refractivity contribution in [2.24, 2.45) is 5.41 Å². The second-order valence-electron chi connectivity index (χ2n) is 5.03. The number of hydrogen-bond acceptors (Lipinski definition) is 2. The van der Waals surface area contributed by atoms with E-state index in [0.717, 1.165) is 19.6 Å². The van der Waals surface area contributed by atoms with Crippen molar-refractivity contribution in [3.05, 3.63) is 0 Å². The maximum Gasteiger partial charge on any atom is 0.0705 e. The highest BCUT2D eigenvalue weighted by Gasteiger charge is 2.23. The molecule has 72 valence electrons. The Balaban J connectivity index is 2.26. The second-order valence-corrected chi connectivity index (χ2v) is 5.03. The summed E-state index contributed by atoms with van der Waals surface area (Å²) in [6, 6.07) is 0.529. The Morgan fingerprint density at radius 3 is 2.50 bits per heavy atom. The fourth-order valence-corrected chi connectivity index (χ4v) is 1.55. The van der Waals surface area contributed by atoms with Crippen molar-refractivity contribution in [3.63, 3.8) is 0 Å². The van der Waals surface area contributed by atoms with Gasteiger partial charge in [0.25, 0.3) is 0 Å². The molecule has 0 aliphatic carbocycles. The van der Waals surface area contributed by atoms with Gasteiger partial charge in [-0.25, -0.2) is 0 Å². The zero-order valence-electron chi connectivity index (χ0n) is 8.68. The molecule has 2 atom stereocenters. The van der Waals surface area contributed by atoms with E-state index in [-0.39, 0.29) is 0 Å². The summed E-state index contributed by atoms with van der Waals surface area (Å²) in [5.74, 6) is 0. The van der Waals surface area contributed by atoms with Gasteiger partial charge in [0.1, 0.15) is 0 Å². The largest absolute Gasteiger partial charge is 0.375 e. The maximum absolute atomic E-state index is 5.70. The third-order valence-corrected chi connectivity index (χ3v) is 2.12. The highest BCUT2D eigenvalue weighted by molar-refractivity contribution is 4.77. The van der Waals surface area contributed by atoms with Crippen LogP contribution in [0.25, 0.3) is 0 Å². The van der Waals surface area contributed by atoms with Crippen LogP contribution in [-0.4, -0.2) is 25.3 Å². The molecule has 2 nitrogen and oxygen atoms in total. The molecule has 1 rings (SSSR count). The molecule has 0 amide bonds. The number of nitrogens with one attached hydrogen (secondary N) is 1.